The average molecular weight is 261 g/mol. The van der Waals surface area contributed by atoms with Crippen molar-refractivity contribution in [2.75, 3.05) is 5.32 Å². The van der Waals surface area contributed by atoms with E-state index < -0.39 is 0 Å². The van der Waals surface area contributed by atoms with Crippen molar-refractivity contribution in [3.8, 4) is 0 Å². The number of aliphatic hydroxyl groups is 1. The highest BCUT2D eigenvalue weighted by Gasteiger charge is 2.23. The Morgan fingerprint density at radius 2 is 2.26 bits per heavy atom. The van der Waals surface area contributed by atoms with Gasteiger partial charge in [0.15, 0.2) is 0 Å². The molecule has 102 valence electrons. The second-order valence-corrected chi connectivity index (χ2v) is 5.06. The smallest absolute Gasteiger partial charge is 0.254 e. The molecular weight excluding hydrogens is 242 g/mol. The van der Waals surface area contributed by atoms with Crippen LogP contribution in [-0.4, -0.2) is 36.8 Å². The first-order valence-electron chi connectivity index (χ1n) is 6.92. The van der Waals surface area contributed by atoms with Gasteiger partial charge in [0.25, 0.3) is 5.78 Å². The van der Waals surface area contributed by atoms with Gasteiger partial charge in [0, 0.05) is 11.8 Å². The van der Waals surface area contributed by atoms with Gasteiger partial charge in [-0.05, 0) is 19.3 Å². The minimum Gasteiger partial charge on any atom is -0.391 e. The molecule has 0 spiro atoms. The van der Waals surface area contributed by atoms with E-state index in [-0.39, 0.29) is 12.1 Å². The predicted molar refractivity (Wildman–Crippen MR) is 72.0 cm³/mol. The molecular formula is C13H19N5O. The summed E-state index contributed by atoms with van der Waals surface area (Å²) in [4.78, 5) is 8.55. The molecule has 6 heteroatoms. The predicted octanol–water partition coefficient (Wildman–Crippen LogP) is 1.40. The van der Waals surface area contributed by atoms with E-state index in [1.807, 2.05) is 6.07 Å². The van der Waals surface area contributed by atoms with Gasteiger partial charge in [-0.2, -0.15) is 14.6 Å². The van der Waals surface area contributed by atoms with Gasteiger partial charge >= 0.3 is 0 Å². The molecule has 2 atom stereocenters. The molecule has 2 aromatic heterocycles. The van der Waals surface area contributed by atoms with Crippen LogP contribution in [0.5, 0.6) is 0 Å². The van der Waals surface area contributed by atoms with E-state index in [1.165, 1.54) is 6.33 Å². The Morgan fingerprint density at radius 3 is 3.05 bits per heavy atom. The molecule has 2 heterocycles. The number of aryl methyl sites for hydroxylation is 1. The molecule has 0 amide bonds. The Balaban J connectivity index is 1.92. The van der Waals surface area contributed by atoms with Gasteiger partial charge in [0.2, 0.25) is 0 Å². The standard InChI is InChI=1S/C13H19N5O/c1-2-9-7-12(18-13(16-9)14-8-15-18)17-10-5-3-4-6-11(10)19/h7-8,10-11,17,19H,2-6H2,1H3/t10-,11-/m1/s1. The van der Waals surface area contributed by atoms with Crippen LogP contribution in [0.15, 0.2) is 12.4 Å². The maximum atomic E-state index is 10.1. The van der Waals surface area contributed by atoms with E-state index >= 15 is 0 Å². The SMILES string of the molecule is CCc1cc(N[C@@H]2CCCC[C@H]2O)n2ncnc2n1. The fraction of sp³-hybridized carbons (Fsp3) is 0.615. The number of anilines is 1. The van der Waals surface area contributed by atoms with Crippen molar-refractivity contribution in [2.24, 2.45) is 0 Å². The Hall–Kier alpha value is -1.69. The van der Waals surface area contributed by atoms with E-state index in [0.717, 1.165) is 43.6 Å². The summed E-state index contributed by atoms with van der Waals surface area (Å²) < 4.78 is 1.69. The molecule has 6 nitrogen and oxygen atoms in total. The summed E-state index contributed by atoms with van der Waals surface area (Å²) in [5, 5.41) is 17.6. The molecule has 0 aromatic carbocycles. The number of hydrogen-bond donors (Lipinski definition) is 2. The first kappa shape index (κ1) is 12.3. The van der Waals surface area contributed by atoms with Crippen LogP contribution in [0.1, 0.15) is 38.3 Å². The molecule has 1 saturated carbocycles. The van der Waals surface area contributed by atoms with Crippen molar-refractivity contribution in [3.63, 3.8) is 0 Å². The third-order valence-electron chi connectivity index (χ3n) is 3.73. The number of hydrogen-bond acceptors (Lipinski definition) is 5. The summed E-state index contributed by atoms with van der Waals surface area (Å²) in [5.74, 6) is 1.47. The van der Waals surface area contributed by atoms with E-state index in [2.05, 4.69) is 27.3 Å². The molecule has 1 aliphatic rings. The van der Waals surface area contributed by atoms with Crippen LogP contribution in [0.3, 0.4) is 0 Å². The maximum absolute atomic E-state index is 10.1. The third kappa shape index (κ3) is 2.40. The van der Waals surface area contributed by atoms with Gasteiger partial charge < -0.3 is 10.4 Å². The highest BCUT2D eigenvalue weighted by Crippen LogP contribution is 2.22. The highest BCUT2D eigenvalue weighted by molar-refractivity contribution is 5.45. The largest absolute Gasteiger partial charge is 0.391 e. The molecule has 1 fully saturated rings. The molecule has 0 saturated heterocycles. The molecule has 0 radical (unpaired) electrons. The van der Waals surface area contributed by atoms with E-state index in [4.69, 9.17) is 0 Å². The van der Waals surface area contributed by atoms with E-state index in [9.17, 15) is 5.11 Å². The number of aromatic nitrogens is 4. The number of aliphatic hydroxyl groups excluding tert-OH is 1. The van der Waals surface area contributed by atoms with Gasteiger partial charge in [0.05, 0.1) is 12.1 Å². The number of rotatable bonds is 3. The van der Waals surface area contributed by atoms with Gasteiger partial charge in [0.1, 0.15) is 12.1 Å². The lowest BCUT2D eigenvalue weighted by Gasteiger charge is -2.29. The van der Waals surface area contributed by atoms with E-state index in [0.29, 0.717) is 5.78 Å². The Labute approximate surface area is 111 Å². The normalized spacial score (nSPS) is 23.7. The highest BCUT2D eigenvalue weighted by atomic mass is 16.3. The minimum absolute atomic E-state index is 0.0910. The van der Waals surface area contributed by atoms with Crippen molar-refractivity contribution < 1.29 is 5.11 Å². The monoisotopic (exact) mass is 261 g/mol. The van der Waals surface area contributed by atoms with Crippen molar-refractivity contribution in [1.82, 2.24) is 19.6 Å². The fourth-order valence-electron chi connectivity index (χ4n) is 2.61. The lowest BCUT2D eigenvalue weighted by atomic mass is 9.92. The first-order chi connectivity index (χ1) is 9.28. The third-order valence-corrected chi connectivity index (χ3v) is 3.73. The summed E-state index contributed by atoms with van der Waals surface area (Å²) >= 11 is 0. The van der Waals surface area contributed by atoms with Crippen LogP contribution in [0.2, 0.25) is 0 Å². The van der Waals surface area contributed by atoms with Gasteiger partial charge in [-0.15, -0.1) is 0 Å². The molecule has 2 aromatic rings. The molecule has 0 bridgehead atoms. The zero-order chi connectivity index (χ0) is 13.2. The second kappa shape index (κ2) is 5.13. The van der Waals surface area contributed by atoms with Gasteiger partial charge in [-0.1, -0.05) is 19.8 Å². The topological polar surface area (TPSA) is 75.3 Å². The maximum Gasteiger partial charge on any atom is 0.254 e. The van der Waals surface area contributed by atoms with Gasteiger partial charge in [-0.3, -0.25) is 0 Å². The van der Waals surface area contributed by atoms with Crippen molar-refractivity contribution in [1.29, 1.82) is 0 Å². The van der Waals surface area contributed by atoms with Crippen LogP contribution in [0.25, 0.3) is 5.78 Å². The number of nitrogens with one attached hydrogen (secondary N) is 1. The first-order valence-corrected chi connectivity index (χ1v) is 6.92. The van der Waals surface area contributed by atoms with Crippen LogP contribution >= 0.6 is 0 Å². The summed E-state index contributed by atoms with van der Waals surface area (Å²) in [5.41, 5.74) is 0.980. The number of fused-ring (bicyclic) bond motifs is 1. The summed E-state index contributed by atoms with van der Waals surface area (Å²) in [6.07, 6.45) is 6.18. The summed E-state index contributed by atoms with van der Waals surface area (Å²) in [7, 11) is 0. The fourth-order valence-corrected chi connectivity index (χ4v) is 2.61. The van der Waals surface area contributed by atoms with Crippen LogP contribution in [-0.2, 0) is 6.42 Å². The van der Waals surface area contributed by atoms with Crippen molar-refractivity contribution in [3.05, 3.63) is 18.1 Å². The summed E-state index contributed by atoms with van der Waals surface area (Å²) in [6, 6.07) is 2.08. The average Bonchev–Trinajstić information content (AvgIpc) is 2.89. The van der Waals surface area contributed by atoms with Crippen LogP contribution in [0, 0.1) is 0 Å². The Bertz CT molecular complexity index is 567. The van der Waals surface area contributed by atoms with Crippen molar-refractivity contribution in [2.45, 2.75) is 51.2 Å². The summed E-state index contributed by atoms with van der Waals surface area (Å²) in [6.45, 7) is 2.06. The quantitative estimate of drug-likeness (QED) is 0.873. The minimum atomic E-state index is -0.287. The molecule has 0 unspecified atom stereocenters. The lowest BCUT2D eigenvalue weighted by molar-refractivity contribution is 0.116. The Kier molecular flexibility index (Phi) is 3.33. The molecule has 19 heavy (non-hydrogen) atoms. The number of nitrogens with zero attached hydrogens (tertiary/aromatic N) is 4. The van der Waals surface area contributed by atoms with Crippen LogP contribution in [0.4, 0.5) is 5.82 Å². The van der Waals surface area contributed by atoms with Crippen molar-refractivity contribution >= 4 is 11.6 Å². The molecule has 0 aliphatic heterocycles. The van der Waals surface area contributed by atoms with E-state index in [1.54, 1.807) is 4.52 Å². The Morgan fingerprint density at radius 1 is 1.42 bits per heavy atom. The molecule has 2 N–H and O–H groups in total. The van der Waals surface area contributed by atoms with Gasteiger partial charge in [-0.25, -0.2) is 4.98 Å². The molecule has 1 aliphatic carbocycles. The zero-order valence-corrected chi connectivity index (χ0v) is 11.1. The second-order valence-electron chi connectivity index (χ2n) is 5.06. The lowest BCUT2D eigenvalue weighted by Crippen LogP contribution is -2.37. The van der Waals surface area contributed by atoms with Crippen LogP contribution < -0.4 is 5.32 Å². The molecule has 3 rings (SSSR count). The zero-order valence-electron chi connectivity index (χ0n) is 11.1.